The van der Waals surface area contributed by atoms with Crippen molar-refractivity contribution < 1.29 is 27.8 Å². The molecule has 0 saturated carbocycles. The van der Waals surface area contributed by atoms with E-state index in [-0.39, 0.29) is 34.2 Å². The molecule has 0 aliphatic heterocycles. The zero-order chi connectivity index (χ0) is 29.1. The molecule has 208 valence electrons. The molecule has 0 aliphatic carbocycles. The number of fused-ring (bicyclic) bond motifs is 1. The summed E-state index contributed by atoms with van der Waals surface area (Å²) >= 11 is 0. The molecule has 0 saturated heterocycles. The van der Waals surface area contributed by atoms with Crippen LogP contribution in [-0.4, -0.2) is 34.7 Å². The summed E-state index contributed by atoms with van der Waals surface area (Å²) in [6.45, 7) is 2.33. The van der Waals surface area contributed by atoms with Gasteiger partial charge in [-0.05, 0) is 36.8 Å². The first-order valence-corrected chi connectivity index (χ1v) is 12.5. The number of rotatable bonds is 8. The number of amides is 1. The first-order valence-electron chi connectivity index (χ1n) is 12.5. The highest BCUT2D eigenvalue weighted by Crippen LogP contribution is 2.35. The van der Waals surface area contributed by atoms with Crippen LogP contribution in [0.4, 0.5) is 14.5 Å². The summed E-state index contributed by atoms with van der Waals surface area (Å²) in [5, 5.41) is 2.57. The molecule has 1 N–H and O–H groups in total. The normalized spacial score (nSPS) is 10.9. The maximum Gasteiger partial charge on any atom is 0.261 e. The lowest BCUT2D eigenvalue weighted by molar-refractivity contribution is 0.102. The van der Waals surface area contributed by atoms with Crippen molar-refractivity contribution in [3.8, 4) is 34.3 Å². The van der Waals surface area contributed by atoms with E-state index in [2.05, 4.69) is 15.3 Å². The molecule has 5 aromatic rings. The van der Waals surface area contributed by atoms with Crippen molar-refractivity contribution in [3.05, 3.63) is 101 Å². The van der Waals surface area contributed by atoms with E-state index in [4.69, 9.17) is 14.2 Å². The van der Waals surface area contributed by atoms with E-state index < -0.39 is 23.0 Å². The number of aromatic nitrogens is 3. The summed E-state index contributed by atoms with van der Waals surface area (Å²) in [6.07, 6.45) is 4.51. The molecule has 41 heavy (non-hydrogen) atoms. The van der Waals surface area contributed by atoms with Gasteiger partial charge in [-0.1, -0.05) is 12.1 Å². The Labute approximate surface area is 233 Å². The van der Waals surface area contributed by atoms with Crippen LogP contribution in [0.1, 0.15) is 17.3 Å². The van der Waals surface area contributed by atoms with E-state index in [1.54, 1.807) is 16.8 Å². The van der Waals surface area contributed by atoms with Crippen LogP contribution in [0.3, 0.4) is 0 Å². The number of aryl methyl sites for hydroxylation is 1. The standard InChI is InChI=1S/C30H24F2N4O5/c1-4-36-15-20(17-5-7-18(31)8-6-17)28(37)21(16-36)29(38)34-19-9-10-24(22(32)13-19)41-25-11-12-33-23-14-26(39-2)30(40-3)35-27(23)25/h5-16H,4H2,1-3H3,(H,34,38). The van der Waals surface area contributed by atoms with Gasteiger partial charge in [-0.25, -0.2) is 13.8 Å². The molecule has 2 aromatic carbocycles. The van der Waals surface area contributed by atoms with Gasteiger partial charge in [0.1, 0.15) is 16.9 Å². The molecule has 1 amide bonds. The van der Waals surface area contributed by atoms with Crippen molar-refractivity contribution in [2.75, 3.05) is 19.5 Å². The van der Waals surface area contributed by atoms with E-state index in [9.17, 15) is 14.0 Å². The van der Waals surface area contributed by atoms with Crippen LogP contribution in [0.5, 0.6) is 23.1 Å². The van der Waals surface area contributed by atoms with E-state index in [1.165, 1.54) is 69.1 Å². The lowest BCUT2D eigenvalue weighted by atomic mass is 10.0. The van der Waals surface area contributed by atoms with Crippen molar-refractivity contribution in [2.24, 2.45) is 0 Å². The van der Waals surface area contributed by atoms with E-state index in [1.807, 2.05) is 6.92 Å². The Balaban J connectivity index is 1.41. The lowest BCUT2D eigenvalue weighted by Crippen LogP contribution is -2.24. The Kier molecular flexibility index (Phi) is 7.59. The van der Waals surface area contributed by atoms with E-state index >= 15 is 4.39 Å². The highest BCUT2D eigenvalue weighted by atomic mass is 19.1. The molecule has 3 heterocycles. The first-order chi connectivity index (χ1) is 19.8. The van der Waals surface area contributed by atoms with Gasteiger partial charge in [0.15, 0.2) is 23.1 Å². The molecule has 11 heteroatoms. The number of anilines is 1. The third kappa shape index (κ3) is 5.55. The highest BCUT2D eigenvalue weighted by Gasteiger charge is 2.18. The Morgan fingerprint density at radius 2 is 1.73 bits per heavy atom. The van der Waals surface area contributed by atoms with Gasteiger partial charge in [0.25, 0.3) is 11.8 Å². The van der Waals surface area contributed by atoms with Crippen LogP contribution < -0.4 is 25.0 Å². The van der Waals surface area contributed by atoms with E-state index in [0.717, 1.165) is 6.07 Å². The predicted molar refractivity (Wildman–Crippen MR) is 149 cm³/mol. The maximum absolute atomic E-state index is 15.1. The van der Waals surface area contributed by atoms with Crippen LogP contribution in [0.15, 0.2) is 78.0 Å². The molecular formula is C30H24F2N4O5. The number of carbonyl (C=O) groups excluding carboxylic acids is 1. The summed E-state index contributed by atoms with van der Waals surface area (Å²) in [6, 6.07) is 12.4. The highest BCUT2D eigenvalue weighted by molar-refractivity contribution is 6.04. The number of hydrogen-bond donors (Lipinski definition) is 1. The monoisotopic (exact) mass is 558 g/mol. The Morgan fingerprint density at radius 3 is 2.41 bits per heavy atom. The zero-order valence-electron chi connectivity index (χ0n) is 22.3. The average molecular weight is 559 g/mol. The zero-order valence-corrected chi connectivity index (χ0v) is 22.3. The fourth-order valence-electron chi connectivity index (χ4n) is 4.18. The van der Waals surface area contributed by atoms with Crippen LogP contribution in [0.2, 0.25) is 0 Å². The van der Waals surface area contributed by atoms with Crippen LogP contribution >= 0.6 is 0 Å². The molecular weight excluding hydrogens is 534 g/mol. The largest absolute Gasteiger partial charge is 0.491 e. The van der Waals surface area contributed by atoms with Crippen LogP contribution in [-0.2, 0) is 6.54 Å². The van der Waals surface area contributed by atoms with Crippen LogP contribution in [0, 0.1) is 11.6 Å². The third-order valence-electron chi connectivity index (χ3n) is 6.27. The van der Waals surface area contributed by atoms with E-state index in [0.29, 0.717) is 28.9 Å². The second kappa shape index (κ2) is 11.4. The Hall–Kier alpha value is -5.32. The van der Waals surface area contributed by atoms with Gasteiger partial charge in [0, 0.05) is 54.6 Å². The minimum Gasteiger partial charge on any atom is -0.491 e. The molecule has 0 bridgehead atoms. The van der Waals surface area contributed by atoms with Crippen molar-refractivity contribution in [1.29, 1.82) is 0 Å². The van der Waals surface area contributed by atoms with Crippen molar-refractivity contribution in [3.63, 3.8) is 0 Å². The van der Waals surface area contributed by atoms with Crippen molar-refractivity contribution in [1.82, 2.24) is 14.5 Å². The number of ether oxygens (including phenoxy) is 3. The second-order valence-corrected chi connectivity index (χ2v) is 8.83. The first kappa shape index (κ1) is 27.3. The number of benzene rings is 2. The van der Waals surface area contributed by atoms with Crippen molar-refractivity contribution >= 4 is 22.6 Å². The average Bonchev–Trinajstić information content (AvgIpc) is 2.98. The summed E-state index contributed by atoms with van der Waals surface area (Å²) in [7, 11) is 2.92. The quantitative estimate of drug-likeness (QED) is 0.256. The smallest absolute Gasteiger partial charge is 0.261 e. The molecule has 0 atom stereocenters. The molecule has 0 unspecified atom stereocenters. The number of nitrogens with one attached hydrogen (secondary N) is 1. The number of halogens is 2. The topological polar surface area (TPSA) is 105 Å². The van der Waals surface area contributed by atoms with Gasteiger partial charge < -0.3 is 24.1 Å². The molecule has 3 aromatic heterocycles. The van der Waals surface area contributed by atoms with Gasteiger partial charge in [0.2, 0.25) is 5.43 Å². The van der Waals surface area contributed by atoms with Gasteiger partial charge in [-0.2, -0.15) is 0 Å². The number of methoxy groups -OCH3 is 2. The summed E-state index contributed by atoms with van der Waals surface area (Å²) in [5.74, 6) is -1.24. The summed E-state index contributed by atoms with van der Waals surface area (Å²) < 4.78 is 46.5. The maximum atomic E-state index is 15.1. The van der Waals surface area contributed by atoms with Gasteiger partial charge in [0.05, 0.1) is 19.7 Å². The fraction of sp³-hybridized carbons (Fsp3) is 0.133. The minimum absolute atomic E-state index is 0.110. The summed E-state index contributed by atoms with van der Waals surface area (Å²) in [5.41, 5.74) is 0.909. The number of pyridine rings is 3. The fourth-order valence-corrected chi connectivity index (χ4v) is 4.18. The molecule has 5 rings (SSSR count). The van der Waals surface area contributed by atoms with Crippen molar-refractivity contribution in [2.45, 2.75) is 13.5 Å². The second-order valence-electron chi connectivity index (χ2n) is 8.83. The molecule has 0 fully saturated rings. The minimum atomic E-state index is -0.765. The van der Waals surface area contributed by atoms with Gasteiger partial charge in [-0.15, -0.1) is 0 Å². The molecule has 0 aliphatic rings. The molecule has 0 spiro atoms. The van der Waals surface area contributed by atoms with Gasteiger partial charge >= 0.3 is 0 Å². The number of hydrogen-bond acceptors (Lipinski definition) is 7. The SMILES string of the molecule is CCn1cc(C(=O)Nc2ccc(Oc3ccnc4cc(OC)c(OC)nc34)c(F)c2)c(=O)c(-c2ccc(F)cc2)c1. The van der Waals surface area contributed by atoms with Gasteiger partial charge in [-0.3, -0.25) is 14.6 Å². The lowest BCUT2D eigenvalue weighted by Gasteiger charge is -2.13. The number of carbonyl (C=O) groups is 1. The number of nitrogens with zero attached hydrogens (tertiary/aromatic N) is 3. The van der Waals surface area contributed by atoms with Crippen LogP contribution in [0.25, 0.3) is 22.2 Å². The predicted octanol–water partition coefficient (Wildman–Crippen LogP) is 5.82. The third-order valence-corrected chi connectivity index (χ3v) is 6.27. The summed E-state index contributed by atoms with van der Waals surface area (Å²) in [4.78, 5) is 34.9. The Morgan fingerprint density at radius 1 is 0.951 bits per heavy atom. The molecule has 0 radical (unpaired) electrons. The Bertz CT molecular complexity index is 1820. The molecule has 9 nitrogen and oxygen atoms in total.